The molecule has 1 saturated heterocycles. The van der Waals surface area contributed by atoms with Crippen LogP contribution in [-0.2, 0) is 4.79 Å². The van der Waals surface area contributed by atoms with Gasteiger partial charge in [-0.3, -0.25) is 15.0 Å². The highest BCUT2D eigenvalue weighted by atomic mass is 35.5. The van der Waals surface area contributed by atoms with Gasteiger partial charge in [0, 0.05) is 0 Å². The third-order valence-corrected chi connectivity index (χ3v) is 5.15. The van der Waals surface area contributed by atoms with Gasteiger partial charge in [-0.2, -0.15) is 5.01 Å². The maximum absolute atomic E-state index is 12.6. The number of carbonyl (C=O) groups is 2. The molecule has 2 amide bonds. The maximum Gasteiger partial charge on any atom is 0.285 e. The number of nitrogens with one attached hydrogen (secondary N) is 1. The SMILES string of the molecule is COc1cccc(/C=C2\SC(=S)N(NC(=O)c3ccccc3Cl)C2=O)c1. The fourth-order valence-corrected chi connectivity index (χ4v) is 3.65. The number of rotatable bonds is 4. The van der Waals surface area contributed by atoms with Gasteiger partial charge < -0.3 is 4.74 Å². The van der Waals surface area contributed by atoms with E-state index in [0.717, 1.165) is 22.3 Å². The molecule has 2 aromatic carbocycles. The quantitative estimate of drug-likeness (QED) is 0.618. The lowest BCUT2D eigenvalue weighted by molar-refractivity contribution is -0.123. The van der Waals surface area contributed by atoms with Crippen molar-refractivity contribution in [2.45, 2.75) is 0 Å². The van der Waals surface area contributed by atoms with Crippen LogP contribution in [0.4, 0.5) is 0 Å². The molecule has 1 aliphatic rings. The minimum Gasteiger partial charge on any atom is -0.497 e. The molecule has 1 heterocycles. The number of benzene rings is 2. The van der Waals surface area contributed by atoms with Crippen LogP contribution in [0.1, 0.15) is 15.9 Å². The Kier molecular flexibility index (Phi) is 5.61. The van der Waals surface area contributed by atoms with E-state index in [0.29, 0.717) is 15.7 Å². The van der Waals surface area contributed by atoms with Crippen molar-refractivity contribution in [3.8, 4) is 5.75 Å². The molecule has 0 spiro atoms. The van der Waals surface area contributed by atoms with Crippen LogP contribution in [0.25, 0.3) is 6.08 Å². The zero-order chi connectivity index (χ0) is 18.7. The first-order chi connectivity index (χ1) is 12.5. The van der Waals surface area contributed by atoms with Crippen LogP contribution < -0.4 is 10.2 Å². The molecule has 26 heavy (non-hydrogen) atoms. The van der Waals surface area contributed by atoms with Gasteiger partial charge in [0.25, 0.3) is 11.8 Å². The van der Waals surface area contributed by atoms with Crippen LogP contribution >= 0.6 is 35.6 Å². The lowest BCUT2D eigenvalue weighted by Gasteiger charge is -2.16. The number of nitrogens with zero attached hydrogens (tertiary/aromatic N) is 1. The number of thioether (sulfide) groups is 1. The highest BCUT2D eigenvalue weighted by molar-refractivity contribution is 8.26. The van der Waals surface area contributed by atoms with Crippen molar-refractivity contribution in [2.24, 2.45) is 0 Å². The van der Waals surface area contributed by atoms with Gasteiger partial charge in [-0.05, 0) is 48.1 Å². The number of hydrogen-bond acceptors (Lipinski definition) is 5. The Morgan fingerprint density at radius 1 is 1.27 bits per heavy atom. The first-order valence-electron chi connectivity index (χ1n) is 7.47. The van der Waals surface area contributed by atoms with Crippen LogP contribution in [0.15, 0.2) is 53.4 Å². The predicted molar refractivity (Wildman–Crippen MR) is 107 cm³/mol. The molecule has 0 saturated carbocycles. The minimum absolute atomic E-state index is 0.240. The molecule has 0 atom stereocenters. The van der Waals surface area contributed by atoms with Crippen LogP contribution in [0, 0.1) is 0 Å². The lowest BCUT2D eigenvalue weighted by Crippen LogP contribution is -2.44. The van der Waals surface area contributed by atoms with Crippen LogP contribution in [0.2, 0.25) is 5.02 Å². The van der Waals surface area contributed by atoms with E-state index >= 15 is 0 Å². The number of carbonyl (C=O) groups excluding carboxylic acids is 2. The molecule has 0 aliphatic carbocycles. The second kappa shape index (κ2) is 7.90. The van der Waals surface area contributed by atoms with E-state index in [9.17, 15) is 9.59 Å². The van der Waals surface area contributed by atoms with Gasteiger partial charge >= 0.3 is 0 Å². The van der Waals surface area contributed by atoms with Crippen molar-refractivity contribution in [1.29, 1.82) is 0 Å². The summed E-state index contributed by atoms with van der Waals surface area (Å²) in [5, 5.41) is 1.35. The van der Waals surface area contributed by atoms with Gasteiger partial charge in [-0.15, -0.1) is 0 Å². The van der Waals surface area contributed by atoms with Crippen LogP contribution in [-0.4, -0.2) is 28.3 Å². The highest BCUT2D eigenvalue weighted by Gasteiger charge is 2.34. The molecule has 1 aliphatic heterocycles. The molecule has 0 aromatic heterocycles. The normalized spacial score (nSPS) is 15.5. The van der Waals surface area contributed by atoms with E-state index in [1.807, 2.05) is 18.2 Å². The summed E-state index contributed by atoms with van der Waals surface area (Å²) in [5.74, 6) is -0.223. The molecule has 132 valence electrons. The molecule has 0 unspecified atom stereocenters. The molecule has 2 aromatic rings. The van der Waals surface area contributed by atoms with E-state index in [-0.39, 0.29) is 9.88 Å². The van der Waals surface area contributed by atoms with Crippen molar-refractivity contribution in [3.05, 3.63) is 69.6 Å². The summed E-state index contributed by atoms with van der Waals surface area (Å²) in [6.45, 7) is 0. The largest absolute Gasteiger partial charge is 0.497 e. The van der Waals surface area contributed by atoms with Crippen molar-refractivity contribution in [3.63, 3.8) is 0 Å². The molecule has 1 N–H and O–H groups in total. The third kappa shape index (κ3) is 3.90. The summed E-state index contributed by atoms with van der Waals surface area (Å²) in [6.07, 6.45) is 1.70. The number of thiocarbonyl (C=S) groups is 1. The van der Waals surface area contributed by atoms with Crippen molar-refractivity contribution in [2.75, 3.05) is 7.11 Å². The Bertz CT molecular complexity index is 930. The second-order valence-corrected chi connectivity index (χ2v) is 7.30. The number of ether oxygens (including phenoxy) is 1. The zero-order valence-electron chi connectivity index (χ0n) is 13.6. The molecular formula is C18H13ClN2O3S2. The molecule has 3 rings (SSSR count). The maximum atomic E-state index is 12.6. The number of hydrazine groups is 1. The first-order valence-corrected chi connectivity index (χ1v) is 9.07. The molecule has 0 bridgehead atoms. The predicted octanol–water partition coefficient (Wildman–Crippen LogP) is 3.89. The summed E-state index contributed by atoms with van der Waals surface area (Å²) in [7, 11) is 1.57. The van der Waals surface area contributed by atoms with Gasteiger partial charge in [-0.25, -0.2) is 0 Å². The lowest BCUT2D eigenvalue weighted by atomic mass is 10.2. The van der Waals surface area contributed by atoms with Gasteiger partial charge in [-0.1, -0.05) is 47.6 Å². The average molecular weight is 405 g/mol. The van der Waals surface area contributed by atoms with Crippen LogP contribution in [0.3, 0.4) is 0 Å². The number of hydrogen-bond donors (Lipinski definition) is 1. The summed E-state index contributed by atoms with van der Waals surface area (Å²) >= 11 is 12.3. The topological polar surface area (TPSA) is 58.6 Å². The van der Waals surface area contributed by atoms with Gasteiger partial charge in [0.05, 0.1) is 22.6 Å². The molecular weight excluding hydrogens is 392 g/mol. The highest BCUT2D eigenvalue weighted by Crippen LogP contribution is 2.32. The van der Waals surface area contributed by atoms with Crippen molar-refractivity contribution < 1.29 is 14.3 Å². The van der Waals surface area contributed by atoms with E-state index in [1.54, 1.807) is 43.5 Å². The van der Waals surface area contributed by atoms with E-state index in [4.69, 9.17) is 28.6 Å². The Morgan fingerprint density at radius 3 is 2.77 bits per heavy atom. The molecule has 0 radical (unpaired) electrons. The zero-order valence-corrected chi connectivity index (χ0v) is 16.0. The van der Waals surface area contributed by atoms with E-state index in [1.165, 1.54) is 0 Å². The van der Waals surface area contributed by atoms with Gasteiger partial charge in [0.1, 0.15) is 5.75 Å². The average Bonchev–Trinajstić information content (AvgIpc) is 2.89. The fraction of sp³-hybridized carbons (Fsp3) is 0.0556. The summed E-state index contributed by atoms with van der Waals surface area (Å²) in [6, 6.07) is 13.9. The van der Waals surface area contributed by atoms with Crippen molar-refractivity contribution >= 4 is 57.8 Å². The summed E-state index contributed by atoms with van der Waals surface area (Å²) in [4.78, 5) is 25.4. The Labute approximate surface area is 164 Å². The summed E-state index contributed by atoms with van der Waals surface area (Å²) in [5.41, 5.74) is 3.56. The number of methoxy groups -OCH3 is 1. The van der Waals surface area contributed by atoms with Gasteiger partial charge in [0.15, 0.2) is 4.32 Å². The second-order valence-electron chi connectivity index (χ2n) is 5.21. The molecule has 1 fully saturated rings. The Balaban J connectivity index is 1.79. The standard InChI is InChI=1S/C18H13ClN2O3S2/c1-24-12-6-4-5-11(9-12)10-15-17(23)21(18(25)26-15)20-16(22)13-7-2-3-8-14(13)19/h2-10H,1H3,(H,20,22)/b15-10-. The van der Waals surface area contributed by atoms with E-state index < -0.39 is 11.8 Å². The van der Waals surface area contributed by atoms with E-state index in [2.05, 4.69) is 5.43 Å². The number of halogens is 1. The Morgan fingerprint density at radius 2 is 2.04 bits per heavy atom. The van der Waals surface area contributed by atoms with Gasteiger partial charge in [0.2, 0.25) is 0 Å². The molecule has 5 nitrogen and oxygen atoms in total. The monoisotopic (exact) mass is 404 g/mol. The fourth-order valence-electron chi connectivity index (χ4n) is 2.25. The molecule has 8 heteroatoms. The summed E-state index contributed by atoms with van der Waals surface area (Å²) < 4.78 is 5.41. The smallest absolute Gasteiger partial charge is 0.285 e. The number of amides is 2. The third-order valence-electron chi connectivity index (χ3n) is 3.52. The van der Waals surface area contributed by atoms with Crippen LogP contribution in [0.5, 0.6) is 5.75 Å². The first kappa shape index (κ1) is 18.4. The minimum atomic E-state index is -0.505. The Hall–Kier alpha value is -2.35. The van der Waals surface area contributed by atoms with Crippen molar-refractivity contribution in [1.82, 2.24) is 10.4 Å².